The highest BCUT2D eigenvalue weighted by molar-refractivity contribution is 14.1. The number of nitrogens with zero attached hydrogens (tertiary/aromatic N) is 1. The average molecular weight is 282 g/mol. The minimum absolute atomic E-state index is 0.0557. The first-order chi connectivity index (χ1) is 6.19. The summed E-state index contributed by atoms with van der Waals surface area (Å²) in [7, 11) is 0. The molecule has 0 saturated heterocycles. The molecule has 1 rings (SSSR count). The molecule has 0 bridgehead atoms. The minimum atomic E-state index is 0.0557. The van der Waals surface area contributed by atoms with Crippen molar-refractivity contribution < 1.29 is 0 Å². The van der Waals surface area contributed by atoms with Crippen molar-refractivity contribution >= 4 is 22.6 Å². The summed E-state index contributed by atoms with van der Waals surface area (Å²) in [5.74, 6) is 0.0557. The van der Waals surface area contributed by atoms with E-state index in [1.165, 1.54) is 0 Å². The Labute approximate surface area is 92.2 Å². The predicted octanol–water partition coefficient (Wildman–Crippen LogP) is 3.27. The molecule has 1 nitrogen and oxygen atoms in total. The monoisotopic (exact) mass is 282 g/mol. The molecule has 1 radical (unpaired) electrons. The fourth-order valence-corrected chi connectivity index (χ4v) is 1.76. The maximum Gasteiger partial charge on any atom is 0.0991 e. The highest BCUT2D eigenvalue weighted by atomic mass is 127. The summed E-state index contributed by atoms with van der Waals surface area (Å²) >= 11 is 2.23. The first-order valence-electron chi connectivity index (χ1n) is 3.84. The molecular weight excluding hydrogens is 273 g/mol. The van der Waals surface area contributed by atoms with Crippen molar-refractivity contribution in [1.82, 2.24) is 0 Å². The van der Waals surface area contributed by atoms with E-state index in [2.05, 4.69) is 42.2 Å². The van der Waals surface area contributed by atoms with Gasteiger partial charge in [0.1, 0.15) is 0 Å². The minimum Gasteiger partial charge on any atom is -0.192 e. The Hall–Kier alpha value is -0.820. The summed E-state index contributed by atoms with van der Waals surface area (Å²) in [6.45, 7) is 7.62. The molecule has 2 heteroatoms. The largest absolute Gasteiger partial charge is 0.192 e. The van der Waals surface area contributed by atoms with E-state index in [0.29, 0.717) is 5.56 Å². The summed E-state index contributed by atoms with van der Waals surface area (Å²) in [5, 5.41) is 8.71. The molecule has 0 amide bonds. The van der Waals surface area contributed by atoms with Gasteiger partial charge in [-0.15, -0.1) is 6.58 Å². The molecular formula is C11H9IN. The molecule has 0 fully saturated rings. The Morgan fingerprint density at radius 3 is 2.77 bits per heavy atom. The molecule has 0 aliphatic carbocycles. The zero-order valence-electron chi connectivity index (χ0n) is 7.13. The first kappa shape index (κ1) is 10.3. The van der Waals surface area contributed by atoms with Crippen molar-refractivity contribution in [1.29, 1.82) is 5.26 Å². The van der Waals surface area contributed by atoms with E-state index in [4.69, 9.17) is 5.26 Å². The van der Waals surface area contributed by atoms with Crippen molar-refractivity contribution in [3.63, 3.8) is 0 Å². The number of benzene rings is 1. The fraction of sp³-hybridized carbons (Fsp3) is 0.0909. The van der Waals surface area contributed by atoms with Gasteiger partial charge in [-0.25, -0.2) is 0 Å². The summed E-state index contributed by atoms with van der Waals surface area (Å²) in [4.78, 5) is 0. The van der Waals surface area contributed by atoms with Gasteiger partial charge in [0.2, 0.25) is 0 Å². The van der Waals surface area contributed by atoms with Crippen molar-refractivity contribution in [3.8, 4) is 6.07 Å². The van der Waals surface area contributed by atoms with Crippen LogP contribution in [0.3, 0.4) is 0 Å². The molecule has 0 saturated carbocycles. The van der Waals surface area contributed by atoms with Gasteiger partial charge >= 0.3 is 0 Å². The van der Waals surface area contributed by atoms with E-state index in [-0.39, 0.29) is 5.92 Å². The first-order valence-corrected chi connectivity index (χ1v) is 4.92. The van der Waals surface area contributed by atoms with Crippen LogP contribution in [0.2, 0.25) is 0 Å². The van der Waals surface area contributed by atoms with Crippen LogP contribution >= 0.6 is 22.6 Å². The van der Waals surface area contributed by atoms with Gasteiger partial charge in [0.05, 0.1) is 11.6 Å². The third-order valence-electron chi connectivity index (χ3n) is 1.81. The molecule has 0 aliphatic rings. The quantitative estimate of drug-likeness (QED) is 0.603. The van der Waals surface area contributed by atoms with E-state index in [1.807, 2.05) is 12.1 Å². The number of nitriles is 1. The van der Waals surface area contributed by atoms with Crippen LogP contribution in [0.25, 0.3) is 0 Å². The molecule has 1 aromatic carbocycles. The summed E-state index contributed by atoms with van der Waals surface area (Å²) < 4.78 is 1.12. The van der Waals surface area contributed by atoms with Gasteiger partial charge in [0.25, 0.3) is 0 Å². The van der Waals surface area contributed by atoms with Crippen LogP contribution in [0.5, 0.6) is 0 Å². The molecule has 65 valence electrons. The van der Waals surface area contributed by atoms with E-state index in [9.17, 15) is 0 Å². The summed E-state index contributed by atoms with van der Waals surface area (Å²) in [6, 6.07) is 7.70. The molecule has 13 heavy (non-hydrogen) atoms. The molecule has 0 N–H and O–H groups in total. The lowest BCUT2D eigenvalue weighted by Crippen LogP contribution is -1.93. The lowest BCUT2D eigenvalue weighted by Gasteiger charge is -2.08. The van der Waals surface area contributed by atoms with Crippen LogP contribution in [0, 0.1) is 21.8 Å². The Bertz CT molecular complexity index is 363. The van der Waals surface area contributed by atoms with Gasteiger partial charge in [-0.05, 0) is 53.3 Å². The van der Waals surface area contributed by atoms with E-state index in [0.717, 1.165) is 9.13 Å². The topological polar surface area (TPSA) is 23.8 Å². The predicted molar refractivity (Wildman–Crippen MR) is 62.2 cm³/mol. The average Bonchev–Trinajstić information content (AvgIpc) is 2.17. The van der Waals surface area contributed by atoms with E-state index in [1.54, 1.807) is 12.1 Å². The molecule has 1 atom stereocenters. The third-order valence-corrected chi connectivity index (χ3v) is 2.79. The second-order valence-corrected chi connectivity index (χ2v) is 3.85. The van der Waals surface area contributed by atoms with Crippen molar-refractivity contribution in [2.24, 2.45) is 0 Å². The van der Waals surface area contributed by atoms with Gasteiger partial charge < -0.3 is 0 Å². The number of halogens is 1. The maximum absolute atomic E-state index is 8.71. The number of allylic oxidation sites excluding steroid dienone is 1. The van der Waals surface area contributed by atoms with Gasteiger partial charge in [-0.2, -0.15) is 5.26 Å². The Kier molecular flexibility index (Phi) is 3.49. The second-order valence-electron chi connectivity index (χ2n) is 2.69. The maximum atomic E-state index is 8.71. The number of rotatable bonds is 2. The third kappa shape index (κ3) is 2.31. The second kappa shape index (κ2) is 4.43. The number of hydrogen-bond acceptors (Lipinski definition) is 1. The van der Waals surface area contributed by atoms with E-state index >= 15 is 0 Å². The van der Waals surface area contributed by atoms with Gasteiger partial charge in [-0.3, -0.25) is 0 Å². The molecule has 1 unspecified atom stereocenters. The molecule has 0 heterocycles. The standard InChI is InChI=1S/C11H9IN/c1-3-8(2)10-6-9(7-13)4-5-11(10)12/h3-6,8H,1-2H2. The molecule has 0 aliphatic heterocycles. The highest BCUT2D eigenvalue weighted by Gasteiger charge is 2.06. The Balaban J connectivity index is 3.20. The lowest BCUT2D eigenvalue weighted by molar-refractivity contribution is 1.07. The van der Waals surface area contributed by atoms with Crippen LogP contribution in [0.1, 0.15) is 17.0 Å². The van der Waals surface area contributed by atoms with Gasteiger partial charge in [0.15, 0.2) is 0 Å². The van der Waals surface area contributed by atoms with Crippen molar-refractivity contribution in [2.45, 2.75) is 5.92 Å². The van der Waals surface area contributed by atoms with Crippen molar-refractivity contribution in [3.05, 3.63) is 52.5 Å². The zero-order chi connectivity index (χ0) is 9.84. The zero-order valence-corrected chi connectivity index (χ0v) is 9.28. The van der Waals surface area contributed by atoms with Crippen molar-refractivity contribution in [2.75, 3.05) is 0 Å². The van der Waals surface area contributed by atoms with Gasteiger partial charge in [0, 0.05) is 9.49 Å². The van der Waals surface area contributed by atoms with Gasteiger partial charge in [-0.1, -0.05) is 6.08 Å². The van der Waals surface area contributed by atoms with Crippen LogP contribution in [-0.2, 0) is 0 Å². The van der Waals surface area contributed by atoms with E-state index < -0.39 is 0 Å². The molecule has 0 spiro atoms. The van der Waals surface area contributed by atoms with Crippen LogP contribution in [0.4, 0.5) is 0 Å². The molecule has 0 aromatic heterocycles. The highest BCUT2D eigenvalue weighted by Crippen LogP contribution is 2.23. The Morgan fingerprint density at radius 1 is 1.54 bits per heavy atom. The lowest BCUT2D eigenvalue weighted by atomic mass is 10.00. The SMILES string of the molecule is [CH2]C(C=C)c1cc(C#N)ccc1I. The van der Waals surface area contributed by atoms with Crippen LogP contribution in [-0.4, -0.2) is 0 Å². The molecule has 1 aromatic rings. The summed E-state index contributed by atoms with van der Waals surface area (Å²) in [6.07, 6.45) is 1.78. The smallest absolute Gasteiger partial charge is 0.0991 e. The summed E-state index contributed by atoms with van der Waals surface area (Å²) in [5.41, 5.74) is 1.74. The number of hydrogen-bond donors (Lipinski definition) is 0. The fourth-order valence-electron chi connectivity index (χ4n) is 1.02. The van der Waals surface area contributed by atoms with Crippen LogP contribution < -0.4 is 0 Å². The Morgan fingerprint density at radius 2 is 2.23 bits per heavy atom. The normalized spacial score (nSPS) is 11.8. The van der Waals surface area contributed by atoms with Crippen LogP contribution in [0.15, 0.2) is 30.9 Å².